The molecule has 1 heterocycles. The lowest BCUT2D eigenvalue weighted by molar-refractivity contribution is 0.280. The Hall–Kier alpha value is -0.640. The number of benzene rings is 2. The van der Waals surface area contributed by atoms with E-state index in [9.17, 15) is 5.11 Å². The first-order chi connectivity index (χ1) is 9.52. The van der Waals surface area contributed by atoms with Crippen molar-refractivity contribution >= 4 is 68.2 Å². The van der Waals surface area contributed by atoms with Gasteiger partial charge in [0, 0.05) is 27.4 Å². The molecule has 104 valence electrons. The molecule has 0 amide bonds. The van der Waals surface area contributed by atoms with E-state index in [0.29, 0.717) is 26.6 Å². The monoisotopic (exact) mass is 347 g/mol. The van der Waals surface area contributed by atoms with Crippen molar-refractivity contribution < 1.29 is 5.11 Å². The first-order valence-corrected chi connectivity index (χ1v) is 7.41. The van der Waals surface area contributed by atoms with Gasteiger partial charge in [-0.3, -0.25) is 0 Å². The third-order valence-electron chi connectivity index (χ3n) is 3.21. The summed E-state index contributed by atoms with van der Waals surface area (Å²) in [5.41, 5.74) is 1.59. The van der Waals surface area contributed by atoms with Gasteiger partial charge in [0.1, 0.15) is 0 Å². The van der Waals surface area contributed by atoms with Crippen molar-refractivity contribution in [3.05, 3.63) is 44.4 Å². The highest BCUT2D eigenvalue weighted by atomic mass is 35.5. The van der Waals surface area contributed by atoms with Gasteiger partial charge in [-0.25, -0.2) is 0 Å². The maximum absolute atomic E-state index is 9.29. The zero-order chi connectivity index (χ0) is 14.4. The van der Waals surface area contributed by atoms with Crippen molar-refractivity contribution in [3.63, 3.8) is 0 Å². The average Bonchev–Trinajstić information content (AvgIpc) is 2.64. The summed E-state index contributed by atoms with van der Waals surface area (Å²) in [5.74, 6) is 0. The molecule has 0 aliphatic heterocycles. The van der Waals surface area contributed by atoms with E-state index in [1.54, 1.807) is 12.1 Å². The minimum atomic E-state index is -0.0171. The van der Waals surface area contributed by atoms with Crippen molar-refractivity contribution in [2.75, 3.05) is 6.61 Å². The maximum Gasteiger partial charge on any atom is 0.0682 e. The lowest BCUT2D eigenvalue weighted by Gasteiger charge is -2.07. The Bertz CT molecular complexity index is 760. The molecular weight excluding hydrogens is 340 g/mol. The van der Waals surface area contributed by atoms with Gasteiger partial charge >= 0.3 is 0 Å². The van der Waals surface area contributed by atoms with Gasteiger partial charge in [-0.1, -0.05) is 46.4 Å². The predicted molar refractivity (Wildman–Crippen MR) is 86.6 cm³/mol. The first-order valence-electron chi connectivity index (χ1n) is 5.89. The largest absolute Gasteiger partial charge is 0.395 e. The van der Waals surface area contributed by atoms with Crippen LogP contribution in [0.4, 0.5) is 0 Å². The predicted octanol–water partition coefficient (Wildman–Crippen LogP) is 5.40. The van der Waals surface area contributed by atoms with Crippen molar-refractivity contribution in [2.45, 2.75) is 6.54 Å². The quantitative estimate of drug-likeness (QED) is 0.658. The molecule has 0 aliphatic rings. The molecule has 1 aromatic heterocycles. The van der Waals surface area contributed by atoms with Gasteiger partial charge in [0.15, 0.2) is 0 Å². The molecule has 0 bridgehead atoms. The second-order valence-corrected chi connectivity index (χ2v) is 6.13. The van der Waals surface area contributed by atoms with E-state index >= 15 is 0 Å². The van der Waals surface area contributed by atoms with Crippen LogP contribution in [0.25, 0.3) is 21.8 Å². The molecule has 6 heteroatoms. The van der Waals surface area contributed by atoms with Gasteiger partial charge in [-0.15, -0.1) is 0 Å². The molecule has 0 atom stereocenters. The summed E-state index contributed by atoms with van der Waals surface area (Å²) in [6.45, 7) is 0.374. The number of hydrogen-bond donors (Lipinski definition) is 1. The summed E-state index contributed by atoms with van der Waals surface area (Å²) < 4.78 is 1.89. The van der Waals surface area contributed by atoms with Crippen LogP contribution in [0.5, 0.6) is 0 Å². The highest BCUT2D eigenvalue weighted by molar-refractivity contribution is 6.42. The molecule has 0 fully saturated rings. The van der Waals surface area contributed by atoms with Crippen LogP contribution in [0.15, 0.2) is 24.3 Å². The Morgan fingerprint density at radius 3 is 1.65 bits per heavy atom. The lowest BCUT2D eigenvalue weighted by atomic mass is 10.1. The molecule has 0 aliphatic carbocycles. The summed E-state index contributed by atoms with van der Waals surface area (Å²) in [5, 5.41) is 13.2. The molecule has 2 nitrogen and oxygen atoms in total. The Labute approximate surface area is 135 Å². The van der Waals surface area contributed by atoms with E-state index in [1.165, 1.54) is 0 Å². The molecular formula is C14H9Cl4NO. The van der Waals surface area contributed by atoms with Crippen LogP contribution >= 0.6 is 46.4 Å². The number of hydrogen-bond acceptors (Lipinski definition) is 1. The lowest BCUT2D eigenvalue weighted by Crippen LogP contribution is -2.02. The number of nitrogens with zero attached hydrogens (tertiary/aromatic N) is 1. The highest BCUT2D eigenvalue weighted by Crippen LogP contribution is 2.39. The number of rotatable bonds is 2. The van der Waals surface area contributed by atoms with Crippen LogP contribution in [0.1, 0.15) is 0 Å². The number of aliphatic hydroxyl groups is 1. The molecule has 0 saturated carbocycles. The molecule has 3 aromatic rings. The third kappa shape index (κ3) is 2.16. The molecule has 1 N–H and O–H groups in total. The van der Waals surface area contributed by atoms with Crippen molar-refractivity contribution in [2.24, 2.45) is 0 Å². The van der Waals surface area contributed by atoms with Crippen molar-refractivity contribution in [1.29, 1.82) is 0 Å². The maximum atomic E-state index is 9.29. The van der Waals surface area contributed by atoms with Crippen LogP contribution in [-0.4, -0.2) is 16.3 Å². The van der Waals surface area contributed by atoms with Crippen LogP contribution < -0.4 is 0 Å². The summed E-state index contributed by atoms with van der Waals surface area (Å²) >= 11 is 24.8. The molecule has 0 unspecified atom stereocenters. The van der Waals surface area contributed by atoms with Gasteiger partial charge in [0.25, 0.3) is 0 Å². The molecule has 2 aromatic carbocycles. The molecule has 3 rings (SSSR count). The molecule has 0 saturated heterocycles. The fraction of sp³-hybridized carbons (Fsp3) is 0.143. The van der Waals surface area contributed by atoms with Gasteiger partial charge in [-0.05, 0) is 24.3 Å². The van der Waals surface area contributed by atoms with Crippen molar-refractivity contribution in [3.8, 4) is 0 Å². The molecule has 20 heavy (non-hydrogen) atoms. The first kappa shape index (κ1) is 14.3. The highest BCUT2D eigenvalue weighted by Gasteiger charge is 2.17. The average molecular weight is 349 g/mol. The smallest absolute Gasteiger partial charge is 0.0682 e. The summed E-state index contributed by atoms with van der Waals surface area (Å²) in [7, 11) is 0. The second-order valence-electron chi connectivity index (χ2n) is 4.44. The molecule has 0 spiro atoms. The van der Waals surface area contributed by atoms with Gasteiger partial charge in [0.2, 0.25) is 0 Å². The zero-order valence-electron chi connectivity index (χ0n) is 10.1. The van der Waals surface area contributed by atoms with Crippen LogP contribution in [0.3, 0.4) is 0 Å². The van der Waals surface area contributed by atoms with Gasteiger partial charge < -0.3 is 9.67 Å². The minimum Gasteiger partial charge on any atom is -0.395 e. The summed E-state index contributed by atoms with van der Waals surface area (Å²) in [4.78, 5) is 0. The van der Waals surface area contributed by atoms with E-state index in [0.717, 1.165) is 21.8 Å². The number of aromatic nitrogens is 1. The van der Waals surface area contributed by atoms with Crippen LogP contribution in [-0.2, 0) is 6.54 Å². The third-order valence-corrected chi connectivity index (χ3v) is 4.22. The van der Waals surface area contributed by atoms with Crippen LogP contribution in [0.2, 0.25) is 20.1 Å². The Morgan fingerprint density at radius 2 is 1.25 bits per heavy atom. The Morgan fingerprint density at radius 1 is 0.800 bits per heavy atom. The summed E-state index contributed by atoms with van der Waals surface area (Å²) in [6, 6.07) is 7.00. The molecule has 0 radical (unpaired) electrons. The van der Waals surface area contributed by atoms with Crippen molar-refractivity contribution in [1.82, 2.24) is 4.57 Å². The van der Waals surface area contributed by atoms with Gasteiger partial charge in [0.05, 0.1) is 27.7 Å². The zero-order valence-corrected chi connectivity index (χ0v) is 13.2. The topological polar surface area (TPSA) is 25.2 Å². The number of fused-ring (bicyclic) bond motifs is 3. The minimum absolute atomic E-state index is 0.0171. The Balaban J connectivity index is 2.59. The SMILES string of the molecule is OCCn1c2c(Cl)cc(Cl)cc2c2cc(Cl)cc(Cl)c21. The number of halogens is 4. The number of aliphatic hydroxyl groups excluding tert-OH is 1. The fourth-order valence-corrected chi connectivity index (χ4v) is 3.72. The van der Waals surface area contributed by atoms with E-state index in [4.69, 9.17) is 46.4 Å². The normalized spacial score (nSPS) is 11.7. The van der Waals surface area contributed by atoms with E-state index in [2.05, 4.69) is 0 Å². The van der Waals surface area contributed by atoms with E-state index in [-0.39, 0.29) is 6.61 Å². The summed E-state index contributed by atoms with van der Waals surface area (Å²) in [6.07, 6.45) is 0. The van der Waals surface area contributed by atoms with E-state index in [1.807, 2.05) is 16.7 Å². The van der Waals surface area contributed by atoms with Crippen LogP contribution in [0, 0.1) is 0 Å². The second kappa shape index (κ2) is 5.28. The van der Waals surface area contributed by atoms with E-state index < -0.39 is 0 Å². The standard InChI is InChI=1S/C14H9Cl4NO/c15-7-3-9-10-4-8(16)6-12(18)14(10)19(1-2-20)13(9)11(17)5-7/h3-6,20H,1-2H2. The fourth-order valence-electron chi connectivity index (χ4n) is 2.53. The van der Waals surface area contributed by atoms with Gasteiger partial charge in [-0.2, -0.15) is 0 Å². The Kier molecular flexibility index (Phi) is 3.78.